The van der Waals surface area contributed by atoms with E-state index in [0.29, 0.717) is 33.6 Å². The number of benzene rings is 3. The number of hydrogen-bond donors (Lipinski definition) is 3. The molecule has 152 valence electrons. The van der Waals surface area contributed by atoms with Crippen LogP contribution in [0, 0.1) is 20.8 Å². The number of carboxylic acid groups (broad SMARTS) is 1. The Labute approximate surface area is 174 Å². The van der Waals surface area contributed by atoms with Crippen LogP contribution in [0.3, 0.4) is 0 Å². The zero-order valence-corrected chi connectivity index (χ0v) is 16.9. The van der Waals surface area contributed by atoms with Gasteiger partial charge < -0.3 is 15.7 Å². The maximum absolute atomic E-state index is 12.6. The van der Waals surface area contributed by atoms with E-state index < -0.39 is 5.97 Å². The van der Waals surface area contributed by atoms with Gasteiger partial charge in [0.15, 0.2) is 0 Å². The molecule has 0 heterocycles. The Morgan fingerprint density at radius 2 is 1.10 bits per heavy atom. The molecule has 0 saturated carbocycles. The molecule has 0 bridgehead atoms. The molecule has 0 aliphatic carbocycles. The molecule has 0 radical (unpaired) electrons. The van der Waals surface area contributed by atoms with Gasteiger partial charge >= 0.3 is 5.97 Å². The van der Waals surface area contributed by atoms with Crippen LogP contribution in [0.2, 0.25) is 0 Å². The van der Waals surface area contributed by atoms with Crippen LogP contribution in [-0.2, 0) is 0 Å². The van der Waals surface area contributed by atoms with E-state index >= 15 is 0 Å². The van der Waals surface area contributed by atoms with Gasteiger partial charge in [-0.3, -0.25) is 9.59 Å². The van der Waals surface area contributed by atoms with Crippen molar-refractivity contribution >= 4 is 29.2 Å². The molecule has 2 amide bonds. The molecule has 0 atom stereocenters. The van der Waals surface area contributed by atoms with Crippen molar-refractivity contribution in [3.8, 4) is 0 Å². The summed E-state index contributed by atoms with van der Waals surface area (Å²) in [5.74, 6) is -1.53. The van der Waals surface area contributed by atoms with Crippen molar-refractivity contribution in [1.29, 1.82) is 0 Å². The largest absolute Gasteiger partial charge is 0.478 e. The molecule has 0 fully saturated rings. The van der Waals surface area contributed by atoms with E-state index in [1.54, 1.807) is 50.2 Å². The third-order valence-electron chi connectivity index (χ3n) is 4.83. The summed E-state index contributed by atoms with van der Waals surface area (Å²) in [6.07, 6.45) is 0. The molecule has 0 aliphatic heterocycles. The summed E-state index contributed by atoms with van der Waals surface area (Å²) in [6.45, 7) is 5.34. The smallest absolute Gasteiger partial charge is 0.335 e. The number of carboxylic acids is 1. The predicted molar refractivity (Wildman–Crippen MR) is 116 cm³/mol. The van der Waals surface area contributed by atoms with Crippen LogP contribution in [0.25, 0.3) is 0 Å². The summed E-state index contributed by atoms with van der Waals surface area (Å²) in [5.41, 5.74) is 4.50. The van der Waals surface area contributed by atoms with Gasteiger partial charge in [0.25, 0.3) is 11.8 Å². The van der Waals surface area contributed by atoms with E-state index in [1.165, 1.54) is 6.07 Å². The number of aryl methyl sites for hydroxylation is 3. The normalized spacial score (nSPS) is 10.4. The SMILES string of the molecule is Cc1cc(NC(=O)c2ccc(NC(=O)c3ccccc3C)cc2C)ccc1C(=O)O. The van der Waals surface area contributed by atoms with Crippen molar-refractivity contribution in [3.05, 3.63) is 94.0 Å². The van der Waals surface area contributed by atoms with E-state index in [4.69, 9.17) is 5.11 Å². The number of hydrogen-bond acceptors (Lipinski definition) is 3. The lowest BCUT2D eigenvalue weighted by molar-refractivity contribution is 0.0695. The summed E-state index contributed by atoms with van der Waals surface area (Å²) in [5, 5.41) is 14.7. The summed E-state index contributed by atoms with van der Waals surface area (Å²) in [6, 6.07) is 17.0. The second-order valence-electron chi connectivity index (χ2n) is 7.09. The van der Waals surface area contributed by atoms with Crippen LogP contribution in [0.15, 0.2) is 60.7 Å². The Balaban J connectivity index is 1.74. The highest BCUT2D eigenvalue weighted by Gasteiger charge is 2.14. The van der Waals surface area contributed by atoms with Gasteiger partial charge in [0.2, 0.25) is 0 Å². The van der Waals surface area contributed by atoms with E-state index in [1.807, 2.05) is 25.1 Å². The molecule has 0 aromatic heterocycles. The molecule has 3 aromatic carbocycles. The topological polar surface area (TPSA) is 95.5 Å². The van der Waals surface area contributed by atoms with E-state index in [2.05, 4.69) is 10.6 Å². The highest BCUT2D eigenvalue weighted by Crippen LogP contribution is 2.20. The number of amides is 2. The van der Waals surface area contributed by atoms with Gasteiger partial charge in [-0.1, -0.05) is 18.2 Å². The minimum absolute atomic E-state index is 0.193. The van der Waals surface area contributed by atoms with Crippen molar-refractivity contribution in [2.24, 2.45) is 0 Å². The van der Waals surface area contributed by atoms with Crippen molar-refractivity contribution in [3.63, 3.8) is 0 Å². The van der Waals surface area contributed by atoms with Gasteiger partial charge in [-0.05, 0) is 79.9 Å². The lowest BCUT2D eigenvalue weighted by atomic mass is 10.1. The fourth-order valence-electron chi connectivity index (χ4n) is 3.20. The Bertz CT molecular complexity index is 1150. The van der Waals surface area contributed by atoms with Crippen LogP contribution in [-0.4, -0.2) is 22.9 Å². The van der Waals surface area contributed by atoms with Crippen LogP contribution < -0.4 is 10.6 Å². The van der Waals surface area contributed by atoms with Crippen molar-refractivity contribution in [2.45, 2.75) is 20.8 Å². The predicted octanol–water partition coefficient (Wildman–Crippen LogP) is 4.81. The Hall–Kier alpha value is -3.93. The van der Waals surface area contributed by atoms with Crippen molar-refractivity contribution < 1.29 is 19.5 Å². The fraction of sp³-hybridized carbons (Fsp3) is 0.125. The summed E-state index contributed by atoms with van der Waals surface area (Å²) >= 11 is 0. The third-order valence-corrected chi connectivity index (χ3v) is 4.83. The van der Waals surface area contributed by atoms with Crippen LogP contribution in [0.5, 0.6) is 0 Å². The maximum atomic E-state index is 12.6. The Morgan fingerprint density at radius 1 is 0.633 bits per heavy atom. The highest BCUT2D eigenvalue weighted by molar-refractivity contribution is 6.07. The lowest BCUT2D eigenvalue weighted by Gasteiger charge is -2.12. The molecular formula is C24H22N2O4. The lowest BCUT2D eigenvalue weighted by Crippen LogP contribution is -2.16. The number of anilines is 2. The molecule has 3 rings (SSSR count). The molecule has 3 N–H and O–H groups in total. The number of nitrogens with one attached hydrogen (secondary N) is 2. The van der Waals surface area contributed by atoms with Crippen molar-refractivity contribution in [1.82, 2.24) is 0 Å². The molecule has 0 aliphatic rings. The highest BCUT2D eigenvalue weighted by atomic mass is 16.4. The first-order valence-corrected chi connectivity index (χ1v) is 9.39. The number of aromatic carboxylic acids is 1. The van der Waals surface area contributed by atoms with E-state index in [0.717, 1.165) is 5.56 Å². The van der Waals surface area contributed by atoms with Gasteiger partial charge in [-0.15, -0.1) is 0 Å². The zero-order valence-electron chi connectivity index (χ0n) is 16.9. The van der Waals surface area contributed by atoms with E-state index in [-0.39, 0.29) is 17.4 Å². The maximum Gasteiger partial charge on any atom is 0.335 e. The van der Waals surface area contributed by atoms with E-state index in [9.17, 15) is 14.4 Å². The van der Waals surface area contributed by atoms with Crippen LogP contribution in [0.1, 0.15) is 47.8 Å². The fourth-order valence-corrected chi connectivity index (χ4v) is 3.20. The first-order valence-electron chi connectivity index (χ1n) is 9.39. The van der Waals surface area contributed by atoms with Crippen molar-refractivity contribution in [2.75, 3.05) is 10.6 Å². The zero-order chi connectivity index (χ0) is 21.8. The minimum atomic E-state index is -1.01. The second-order valence-corrected chi connectivity index (χ2v) is 7.09. The monoisotopic (exact) mass is 402 g/mol. The average Bonchev–Trinajstić information content (AvgIpc) is 2.68. The number of carbonyl (C=O) groups is 3. The first-order chi connectivity index (χ1) is 14.3. The number of rotatable bonds is 5. The molecule has 3 aromatic rings. The molecule has 6 nitrogen and oxygen atoms in total. The summed E-state index contributed by atoms with van der Waals surface area (Å²) in [4.78, 5) is 36.3. The van der Waals surface area contributed by atoms with Gasteiger partial charge in [0, 0.05) is 22.5 Å². The molecule has 0 spiro atoms. The Morgan fingerprint density at radius 3 is 1.57 bits per heavy atom. The first kappa shape index (κ1) is 20.8. The van der Waals surface area contributed by atoms with Gasteiger partial charge in [0.05, 0.1) is 5.56 Å². The summed E-state index contributed by atoms with van der Waals surface area (Å²) < 4.78 is 0. The molecule has 30 heavy (non-hydrogen) atoms. The molecule has 6 heteroatoms. The molecular weight excluding hydrogens is 380 g/mol. The minimum Gasteiger partial charge on any atom is -0.478 e. The number of carbonyl (C=O) groups excluding carboxylic acids is 2. The quantitative estimate of drug-likeness (QED) is 0.570. The van der Waals surface area contributed by atoms with Gasteiger partial charge in [0.1, 0.15) is 0 Å². The van der Waals surface area contributed by atoms with Gasteiger partial charge in [-0.2, -0.15) is 0 Å². The third kappa shape index (κ3) is 4.55. The molecule has 0 unspecified atom stereocenters. The second kappa shape index (κ2) is 8.61. The van der Waals surface area contributed by atoms with Crippen LogP contribution >= 0.6 is 0 Å². The Kier molecular flexibility index (Phi) is 5.97. The standard InChI is InChI=1S/C24H22N2O4/c1-14-6-4-5-7-19(14)22(27)25-17-8-10-20(15(2)12-17)23(28)26-18-9-11-21(24(29)30)16(3)13-18/h4-13H,1-3H3,(H,25,27)(H,26,28)(H,29,30). The van der Waals surface area contributed by atoms with Gasteiger partial charge in [-0.25, -0.2) is 4.79 Å². The summed E-state index contributed by atoms with van der Waals surface area (Å²) in [7, 11) is 0. The molecule has 0 saturated heterocycles. The average molecular weight is 402 g/mol. The van der Waals surface area contributed by atoms with Crippen LogP contribution in [0.4, 0.5) is 11.4 Å².